The van der Waals surface area contributed by atoms with Gasteiger partial charge >= 0.3 is 0 Å². The predicted octanol–water partition coefficient (Wildman–Crippen LogP) is 1.61. The van der Waals surface area contributed by atoms with E-state index >= 15 is 0 Å². The van der Waals surface area contributed by atoms with Crippen LogP contribution >= 0.6 is 0 Å². The summed E-state index contributed by atoms with van der Waals surface area (Å²) in [5.74, 6) is -0.0758. The minimum absolute atomic E-state index is 0.140. The van der Waals surface area contributed by atoms with Crippen LogP contribution in [-0.4, -0.2) is 61.1 Å². The molecule has 0 aromatic heterocycles. The number of ether oxygens (including phenoxy) is 2. The average molecular weight is 423 g/mol. The highest BCUT2D eigenvalue weighted by molar-refractivity contribution is 6.00. The molecule has 8 heteroatoms. The van der Waals surface area contributed by atoms with E-state index in [0.717, 1.165) is 11.3 Å². The number of hydrogen-bond donors (Lipinski definition) is 2. The third-order valence-corrected chi connectivity index (χ3v) is 5.37. The lowest BCUT2D eigenvalue weighted by Gasteiger charge is -2.29. The molecule has 0 bridgehead atoms. The third-order valence-electron chi connectivity index (χ3n) is 5.37. The fraction of sp³-hybridized carbons (Fsp3) is 0.348. The number of benzene rings is 2. The van der Waals surface area contributed by atoms with E-state index in [1.165, 1.54) is 0 Å². The van der Waals surface area contributed by atoms with Crippen molar-refractivity contribution in [2.24, 2.45) is 0 Å². The summed E-state index contributed by atoms with van der Waals surface area (Å²) >= 11 is 0. The van der Waals surface area contributed by atoms with Gasteiger partial charge in [0.25, 0.3) is 11.8 Å². The summed E-state index contributed by atoms with van der Waals surface area (Å²) < 4.78 is 11.0. The molecule has 31 heavy (non-hydrogen) atoms. The molecule has 3 amide bonds. The maximum Gasteiger partial charge on any atom is 0.265 e. The number of morpholine rings is 1. The fourth-order valence-electron chi connectivity index (χ4n) is 3.69. The molecule has 2 aliphatic rings. The number of carbonyl (C=O) groups excluding carboxylic acids is 3. The molecule has 0 saturated carbocycles. The van der Waals surface area contributed by atoms with Gasteiger partial charge in [0.2, 0.25) is 5.91 Å². The van der Waals surface area contributed by atoms with Crippen LogP contribution in [-0.2, 0) is 20.7 Å². The molecule has 0 radical (unpaired) electrons. The van der Waals surface area contributed by atoms with Gasteiger partial charge in [-0.3, -0.25) is 14.4 Å². The summed E-state index contributed by atoms with van der Waals surface area (Å²) in [5.41, 5.74) is 1.84. The van der Waals surface area contributed by atoms with Crippen molar-refractivity contribution in [1.29, 1.82) is 0 Å². The van der Waals surface area contributed by atoms with Gasteiger partial charge in [-0.15, -0.1) is 0 Å². The number of anilines is 1. The third kappa shape index (κ3) is 4.86. The number of carbonyl (C=O) groups is 3. The number of amides is 3. The summed E-state index contributed by atoms with van der Waals surface area (Å²) in [6.07, 6.45) is -0.107. The Kier molecular flexibility index (Phi) is 6.18. The van der Waals surface area contributed by atoms with Crippen LogP contribution in [0.5, 0.6) is 5.75 Å². The smallest absolute Gasteiger partial charge is 0.265 e. The summed E-state index contributed by atoms with van der Waals surface area (Å²) in [6, 6.07) is 13.5. The topological polar surface area (TPSA) is 97.0 Å². The normalized spacial score (nSPS) is 18.5. The molecule has 2 N–H and O–H groups in total. The largest absolute Gasteiger partial charge is 0.480 e. The van der Waals surface area contributed by atoms with Crippen LogP contribution in [0.15, 0.2) is 48.5 Å². The number of para-hydroxylation sites is 1. The van der Waals surface area contributed by atoms with E-state index in [0.29, 0.717) is 44.0 Å². The van der Waals surface area contributed by atoms with Gasteiger partial charge < -0.3 is 25.0 Å². The lowest BCUT2D eigenvalue weighted by molar-refractivity contribution is -0.136. The zero-order valence-electron chi connectivity index (χ0n) is 17.3. The lowest BCUT2D eigenvalue weighted by Crippen LogP contribution is -2.50. The first kappa shape index (κ1) is 20.9. The highest BCUT2D eigenvalue weighted by Crippen LogP contribution is 2.28. The van der Waals surface area contributed by atoms with Crippen molar-refractivity contribution in [2.75, 3.05) is 31.6 Å². The van der Waals surface area contributed by atoms with Crippen LogP contribution in [0.4, 0.5) is 5.69 Å². The molecule has 2 aliphatic heterocycles. The molecule has 2 unspecified atom stereocenters. The van der Waals surface area contributed by atoms with Gasteiger partial charge in [-0.05, 0) is 36.8 Å². The highest BCUT2D eigenvalue weighted by Gasteiger charge is 2.29. The second-order valence-corrected chi connectivity index (χ2v) is 7.62. The molecule has 162 valence electrons. The SMILES string of the molecule is CC(NC(=O)c1cccc(NC(=O)C2Cc3ccccc3O2)c1)C(=O)N1CCOCC1. The van der Waals surface area contributed by atoms with Gasteiger partial charge in [0.1, 0.15) is 11.8 Å². The van der Waals surface area contributed by atoms with Gasteiger partial charge in [-0.25, -0.2) is 0 Å². The molecule has 2 atom stereocenters. The highest BCUT2D eigenvalue weighted by atomic mass is 16.5. The number of nitrogens with zero attached hydrogens (tertiary/aromatic N) is 1. The second kappa shape index (κ2) is 9.18. The molecule has 2 aromatic rings. The molecule has 1 saturated heterocycles. The maximum atomic E-state index is 12.6. The molecular weight excluding hydrogens is 398 g/mol. The van der Waals surface area contributed by atoms with E-state index in [1.54, 1.807) is 36.1 Å². The number of rotatable bonds is 5. The second-order valence-electron chi connectivity index (χ2n) is 7.62. The Hall–Kier alpha value is -3.39. The minimum atomic E-state index is -0.658. The van der Waals surface area contributed by atoms with Crippen molar-refractivity contribution < 1.29 is 23.9 Å². The zero-order valence-corrected chi connectivity index (χ0v) is 17.3. The molecule has 2 aromatic carbocycles. The Balaban J connectivity index is 1.35. The van der Waals surface area contributed by atoms with E-state index in [9.17, 15) is 14.4 Å². The van der Waals surface area contributed by atoms with Crippen LogP contribution in [0.2, 0.25) is 0 Å². The summed E-state index contributed by atoms with van der Waals surface area (Å²) in [5, 5.41) is 5.54. The predicted molar refractivity (Wildman–Crippen MR) is 114 cm³/mol. The monoisotopic (exact) mass is 423 g/mol. The first-order valence-electron chi connectivity index (χ1n) is 10.3. The fourth-order valence-corrected chi connectivity index (χ4v) is 3.69. The van der Waals surface area contributed by atoms with Crippen LogP contribution in [0.3, 0.4) is 0 Å². The van der Waals surface area contributed by atoms with Crippen LogP contribution in [0, 0.1) is 0 Å². The van der Waals surface area contributed by atoms with Gasteiger partial charge in [-0.1, -0.05) is 24.3 Å². The minimum Gasteiger partial charge on any atom is -0.480 e. The van der Waals surface area contributed by atoms with Crippen molar-refractivity contribution in [3.05, 3.63) is 59.7 Å². The lowest BCUT2D eigenvalue weighted by atomic mass is 10.1. The standard InChI is InChI=1S/C23H25N3O5/c1-15(23(29)26-9-11-30-12-10-26)24-21(27)17-6-4-7-18(13-17)25-22(28)20-14-16-5-2-3-8-19(16)31-20/h2-8,13,15,20H,9-12,14H2,1H3,(H,24,27)(H,25,28). The Morgan fingerprint density at radius 1 is 1.06 bits per heavy atom. The van der Waals surface area contributed by atoms with Crippen LogP contribution in [0.1, 0.15) is 22.8 Å². The first-order valence-corrected chi connectivity index (χ1v) is 10.3. The first-order chi connectivity index (χ1) is 15.0. The molecule has 0 spiro atoms. The molecule has 1 fully saturated rings. The zero-order chi connectivity index (χ0) is 21.8. The van der Waals surface area contributed by atoms with Gasteiger partial charge in [0.05, 0.1) is 13.2 Å². The average Bonchev–Trinajstić information content (AvgIpc) is 3.24. The Morgan fingerprint density at radius 3 is 2.61 bits per heavy atom. The number of fused-ring (bicyclic) bond motifs is 1. The molecule has 8 nitrogen and oxygen atoms in total. The van der Waals surface area contributed by atoms with E-state index in [-0.39, 0.29) is 17.7 Å². The molecule has 0 aliphatic carbocycles. The summed E-state index contributed by atoms with van der Waals surface area (Å²) in [7, 11) is 0. The van der Waals surface area contributed by atoms with Crippen molar-refractivity contribution in [3.8, 4) is 5.75 Å². The maximum absolute atomic E-state index is 12.6. The molecule has 2 heterocycles. The van der Waals surface area contributed by atoms with Gasteiger partial charge in [0, 0.05) is 30.8 Å². The Bertz CT molecular complexity index is 962. The number of hydrogen-bond acceptors (Lipinski definition) is 5. The van der Waals surface area contributed by atoms with E-state index in [1.807, 2.05) is 24.3 Å². The van der Waals surface area contributed by atoms with E-state index in [2.05, 4.69) is 10.6 Å². The van der Waals surface area contributed by atoms with Crippen molar-refractivity contribution in [3.63, 3.8) is 0 Å². The quantitative estimate of drug-likeness (QED) is 0.762. The molecule has 4 rings (SSSR count). The Labute approximate surface area is 180 Å². The van der Waals surface area contributed by atoms with Gasteiger partial charge in [-0.2, -0.15) is 0 Å². The van der Waals surface area contributed by atoms with Crippen LogP contribution < -0.4 is 15.4 Å². The van der Waals surface area contributed by atoms with Crippen molar-refractivity contribution in [2.45, 2.75) is 25.5 Å². The number of nitrogens with one attached hydrogen (secondary N) is 2. The molecular formula is C23H25N3O5. The van der Waals surface area contributed by atoms with Crippen molar-refractivity contribution in [1.82, 2.24) is 10.2 Å². The summed E-state index contributed by atoms with van der Waals surface area (Å²) in [6.45, 7) is 3.71. The van der Waals surface area contributed by atoms with E-state index < -0.39 is 12.1 Å². The van der Waals surface area contributed by atoms with Crippen LogP contribution in [0.25, 0.3) is 0 Å². The van der Waals surface area contributed by atoms with Gasteiger partial charge in [0.15, 0.2) is 6.10 Å². The summed E-state index contributed by atoms with van der Waals surface area (Å²) in [4.78, 5) is 39.4. The van der Waals surface area contributed by atoms with E-state index in [4.69, 9.17) is 9.47 Å². The van der Waals surface area contributed by atoms with Crippen molar-refractivity contribution >= 4 is 23.4 Å². The Morgan fingerprint density at radius 2 is 1.84 bits per heavy atom.